The van der Waals surface area contributed by atoms with Gasteiger partial charge >= 0.3 is 5.97 Å². The normalized spacial score (nSPS) is 14.9. The Bertz CT molecular complexity index is 1260. The quantitative estimate of drug-likeness (QED) is 0.473. The molecule has 0 aliphatic carbocycles. The highest BCUT2D eigenvalue weighted by Crippen LogP contribution is 2.33. The number of aromatic carboxylic acids is 1. The van der Waals surface area contributed by atoms with Gasteiger partial charge in [-0.25, -0.2) is 14.2 Å². The van der Waals surface area contributed by atoms with Crippen LogP contribution < -0.4 is 4.74 Å². The van der Waals surface area contributed by atoms with Gasteiger partial charge in [-0.2, -0.15) is 0 Å². The minimum atomic E-state index is -1.11. The van der Waals surface area contributed by atoms with Crippen LogP contribution in [0.25, 0.3) is 33.1 Å². The molecule has 3 heterocycles. The van der Waals surface area contributed by atoms with Gasteiger partial charge in [-0.15, -0.1) is 0 Å². The van der Waals surface area contributed by atoms with Crippen molar-refractivity contribution in [3.63, 3.8) is 0 Å². The molecule has 158 valence electrons. The van der Waals surface area contributed by atoms with Crippen LogP contribution in [0, 0.1) is 11.7 Å². The van der Waals surface area contributed by atoms with E-state index in [1.54, 1.807) is 6.07 Å². The van der Waals surface area contributed by atoms with Crippen molar-refractivity contribution in [2.75, 3.05) is 19.8 Å². The predicted molar refractivity (Wildman–Crippen MR) is 115 cm³/mol. The number of nitrogens with zero attached hydrogens (tertiary/aromatic N) is 1. The van der Waals surface area contributed by atoms with E-state index in [0.29, 0.717) is 34.6 Å². The average molecular weight is 420 g/mol. The van der Waals surface area contributed by atoms with E-state index in [1.165, 1.54) is 18.2 Å². The molecule has 0 bridgehead atoms. The number of carboxylic acid groups (broad SMARTS) is 1. The monoisotopic (exact) mass is 420 g/mol. The zero-order chi connectivity index (χ0) is 21.4. The molecule has 5 rings (SSSR count). The standard InChI is InChI=1S/C24H21FN2O4/c25-16-3-6-18-19-12-21(24(28)29)27-22(23(19)26-20(18)11-16)15-1-4-17(5-2-15)31-13-14-7-9-30-10-8-14/h1-6,11-12,14,26H,7-10,13H2,(H,28,29). The molecule has 0 atom stereocenters. The first-order valence-electron chi connectivity index (χ1n) is 10.2. The van der Waals surface area contributed by atoms with Gasteiger partial charge in [-0.05, 0) is 67.3 Å². The third-order valence-corrected chi connectivity index (χ3v) is 5.72. The molecule has 0 amide bonds. The molecule has 7 heteroatoms. The van der Waals surface area contributed by atoms with Gasteiger partial charge in [-0.3, -0.25) is 0 Å². The van der Waals surface area contributed by atoms with Crippen LogP contribution in [0.15, 0.2) is 48.5 Å². The number of aromatic amines is 1. The van der Waals surface area contributed by atoms with E-state index in [1.807, 2.05) is 24.3 Å². The van der Waals surface area contributed by atoms with E-state index in [-0.39, 0.29) is 11.5 Å². The van der Waals surface area contributed by atoms with Gasteiger partial charge in [0, 0.05) is 35.1 Å². The Balaban J connectivity index is 1.51. The Labute approximate surface area is 177 Å². The Morgan fingerprint density at radius 2 is 1.90 bits per heavy atom. The summed E-state index contributed by atoms with van der Waals surface area (Å²) in [5, 5.41) is 11.0. The number of hydrogen-bond donors (Lipinski definition) is 2. The number of fused-ring (bicyclic) bond motifs is 3. The number of carboxylic acids is 1. The maximum absolute atomic E-state index is 13.7. The van der Waals surface area contributed by atoms with E-state index >= 15 is 0 Å². The first kappa shape index (κ1) is 19.5. The van der Waals surface area contributed by atoms with Crippen molar-refractivity contribution in [3.8, 4) is 17.0 Å². The molecule has 6 nitrogen and oxygen atoms in total. The number of H-pyrrole nitrogens is 1. The summed E-state index contributed by atoms with van der Waals surface area (Å²) in [6, 6.07) is 13.4. The van der Waals surface area contributed by atoms with Crippen molar-refractivity contribution in [1.29, 1.82) is 0 Å². The van der Waals surface area contributed by atoms with Crippen molar-refractivity contribution in [3.05, 3.63) is 60.0 Å². The molecule has 2 N–H and O–H groups in total. The second-order valence-corrected chi connectivity index (χ2v) is 7.79. The molecule has 0 spiro atoms. The third-order valence-electron chi connectivity index (χ3n) is 5.72. The van der Waals surface area contributed by atoms with Crippen LogP contribution in [0.2, 0.25) is 0 Å². The first-order valence-corrected chi connectivity index (χ1v) is 10.2. The number of aromatic nitrogens is 2. The lowest BCUT2D eigenvalue weighted by Gasteiger charge is -2.22. The van der Waals surface area contributed by atoms with Crippen LogP contribution in [-0.4, -0.2) is 40.9 Å². The summed E-state index contributed by atoms with van der Waals surface area (Å²) in [6.45, 7) is 2.21. The maximum atomic E-state index is 13.7. The van der Waals surface area contributed by atoms with Crippen LogP contribution in [0.5, 0.6) is 5.75 Å². The first-order chi connectivity index (χ1) is 15.1. The minimum absolute atomic E-state index is 0.0624. The Hall–Kier alpha value is -3.45. The number of hydrogen-bond acceptors (Lipinski definition) is 4. The van der Waals surface area contributed by atoms with Crippen LogP contribution >= 0.6 is 0 Å². The molecule has 1 saturated heterocycles. The zero-order valence-electron chi connectivity index (χ0n) is 16.7. The molecular formula is C24H21FN2O4. The lowest BCUT2D eigenvalue weighted by atomic mass is 10.0. The zero-order valence-corrected chi connectivity index (χ0v) is 16.7. The molecule has 0 saturated carbocycles. The van der Waals surface area contributed by atoms with Gasteiger partial charge in [0.25, 0.3) is 0 Å². The highest BCUT2D eigenvalue weighted by molar-refractivity contribution is 6.12. The van der Waals surface area contributed by atoms with E-state index in [9.17, 15) is 14.3 Å². The van der Waals surface area contributed by atoms with E-state index in [2.05, 4.69) is 9.97 Å². The van der Waals surface area contributed by atoms with Crippen LogP contribution in [0.3, 0.4) is 0 Å². The van der Waals surface area contributed by atoms with Crippen molar-refractivity contribution < 1.29 is 23.8 Å². The fourth-order valence-electron chi connectivity index (χ4n) is 4.03. The fourth-order valence-corrected chi connectivity index (χ4v) is 4.03. The van der Waals surface area contributed by atoms with Crippen molar-refractivity contribution in [1.82, 2.24) is 9.97 Å². The average Bonchev–Trinajstić information content (AvgIpc) is 3.15. The summed E-state index contributed by atoms with van der Waals surface area (Å²) >= 11 is 0. The Kier molecular flexibility index (Phi) is 5.03. The number of halogens is 1. The summed E-state index contributed by atoms with van der Waals surface area (Å²) in [6.07, 6.45) is 2.01. The maximum Gasteiger partial charge on any atom is 0.354 e. The molecule has 4 aromatic rings. The smallest absolute Gasteiger partial charge is 0.354 e. The lowest BCUT2D eigenvalue weighted by molar-refractivity contribution is 0.0497. The number of rotatable bonds is 5. The SMILES string of the molecule is O=C(O)c1cc2c([nH]c3cc(F)ccc32)c(-c2ccc(OCC3CCOCC3)cc2)n1. The molecule has 1 aliphatic rings. The van der Waals surface area contributed by atoms with Gasteiger partial charge in [0.15, 0.2) is 0 Å². The Morgan fingerprint density at radius 3 is 2.65 bits per heavy atom. The lowest BCUT2D eigenvalue weighted by Crippen LogP contribution is -2.21. The number of ether oxygens (including phenoxy) is 2. The molecule has 31 heavy (non-hydrogen) atoms. The molecule has 1 fully saturated rings. The van der Waals surface area contributed by atoms with Crippen molar-refractivity contribution in [2.45, 2.75) is 12.8 Å². The minimum Gasteiger partial charge on any atom is -0.493 e. The molecule has 2 aromatic heterocycles. The fraction of sp³-hybridized carbons (Fsp3) is 0.250. The number of carbonyl (C=O) groups is 1. The van der Waals surface area contributed by atoms with Gasteiger partial charge in [-0.1, -0.05) is 0 Å². The van der Waals surface area contributed by atoms with Crippen molar-refractivity contribution >= 4 is 27.8 Å². The number of pyridine rings is 1. The summed E-state index contributed by atoms with van der Waals surface area (Å²) in [5.41, 5.74) is 2.45. The second-order valence-electron chi connectivity index (χ2n) is 7.79. The third kappa shape index (κ3) is 3.84. The molecule has 2 aromatic carbocycles. The second kappa shape index (κ2) is 8.00. The molecule has 0 radical (unpaired) electrons. The summed E-state index contributed by atoms with van der Waals surface area (Å²) < 4.78 is 25.0. The number of benzene rings is 2. The molecule has 1 aliphatic heterocycles. The van der Waals surface area contributed by atoms with Crippen LogP contribution in [0.4, 0.5) is 4.39 Å². The van der Waals surface area contributed by atoms with Gasteiger partial charge in [0.1, 0.15) is 17.3 Å². The predicted octanol–water partition coefficient (Wildman–Crippen LogP) is 5.03. The van der Waals surface area contributed by atoms with E-state index < -0.39 is 5.97 Å². The van der Waals surface area contributed by atoms with Gasteiger partial charge in [0.2, 0.25) is 0 Å². The Morgan fingerprint density at radius 1 is 1.13 bits per heavy atom. The number of nitrogens with one attached hydrogen (secondary N) is 1. The molecule has 0 unspecified atom stereocenters. The summed E-state index contributed by atoms with van der Waals surface area (Å²) in [4.78, 5) is 19.2. The van der Waals surface area contributed by atoms with E-state index in [0.717, 1.165) is 42.8 Å². The van der Waals surface area contributed by atoms with Crippen LogP contribution in [-0.2, 0) is 4.74 Å². The van der Waals surface area contributed by atoms with Crippen LogP contribution in [0.1, 0.15) is 23.3 Å². The van der Waals surface area contributed by atoms with E-state index in [4.69, 9.17) is 9.47 Å². The summed E-state index contributed by atoms with van der Waals surface area (Å²) in [7, 11) is 0. The van der Waals surface area contributed by atoms with Crippen molar-refractivity contribution in [2.24, 2.45) is 5.92 Å². The molecular weight excluding hydrogens is 399 g/mol. The topological polar surface area (TPSA) is 84.4 Å². The highest BCUT2D eigenvalue weighted by Gasteiger charge is 2.18. The largest absolute Gasteiger partial charge is 0.493 e. The highest BCUT2D eigenvalue weighted by atomic mass is 19.1. The van der Waals surface area contributed by atoms with Gasteiger partial charge < -0.3 is 19.6 Å². The summed E-state index contributed by atoms with van der Waals surface area (Å²) in [5.74, 6) is -0.234. The van der Waals surface area contributed by atoms with Gasteiger partial charge in [0.05, 0.1) is 17.8 Å².